The van der Waals surface area contributed by atoms with Gasteiger partial charge in [0.15, 0.2) is 0 Å². The molecule has 1 N–H and O–H groups in total. The smallest absolute Gasteiger partial charge is 0.340 e. The van der Waals surface area contributed by atoms with Crippen LogP contribution in [0.2, 0.25) is 0 Å². The van der Waals surface area contributed by atoms with Crippen molar-refractivity contribution in [1.29, 1.82) is 0 Å². The number of ether oxygens (including phenoxy) is 1. The maximum Gasteiger partial charge on any atom is 0.340 e. The van der Waals surface area contributed by atoms with E-state index in [2.05, 4.69) is 4.72 Å². The maximum absolute atomic E-state index is 13.3. The van der Waals surface area contributed by atoms with Crippen molar-refractivity contribution < 1.29 is 22.4 Å². The van der Waals surface area contributed by atoms with Crippen LogP contribution in [0.3, 0.4) is 0 Å². The van der Waals surface area contributed by atoms with E-state index in [1.54, 1.807) is 38.1 Å². The molecule has 1 aromatic heterocycles. The van der Waals surface area contributed by atoms with Gasteiger partial charge in [-0.05, 0) is 68.1 Å². The maximum atomic E-state index is 13.3. The van der Waals surface area contributed by atoms with Crippen molar-refractivity contribution in [2.45, 2.75) is 57.9 Å². The molecule has 0 saturated carbocycles. The molecular formula is C30H31NO6S. The van der Waals surface area contributed by atoms with E-state index in [1.165, 1.54) is 12.1 Å². The van der Waals surface area contributed by atoms with E-state index in [9.17, 15) is 18.0 Å². The highest BCUT2D eigenvalue weighted by atomic mass is 32.2. The highest BCUT2D eigenvalue weighted by molar-refractivity contribution is 7.89. The van der Waals surface area contributed by atoms with E-state index in [0.29, 0.717) is 34.9 Å². The molecule has 0 amide bonds. The molecule has 0 aliphatic heterocycles. The first-order chi connectivity index (χ1) is 18.1. The summed E-state index contributed by atoms with van der Waals surface area (Å²) in [4.78, 5) is 26.3. The first-order valence-corrected chi connectivity index (χ1v) is 14.0. The molecule has 1 atom stereocenters. The van der Waals surface area contributed by atoms with Crippen molar-refractivity contribution in [3.63, 3.8) is 0 Å². The number of hydrogen-bond donors (Lipinski definition) is 1. The van der Waals surface area contributed by atoms with Gasteiger partial charge in [-0.1, -0.05) is 61.4 Å². The summed E-state index contributed by atoms with van der Waals surface area (Å²) >= 11 is 0. The van der Waals surface area contributed by atoms with Crippen molar-refractivity contribution in [3.05, 3.63) is 105 Å². The van der Waals surface area contributed by atoms with Crippen molar-refractivity contribution in [1.82, 2.24) is 4.72 Å². The zero-order chi connectivity index (χ0) is 27.4. The predicted molar refractivity (Wildman–Crippen MR) is 147 cm³/mol. The van der Waals surface area contributed by atoms with Crippen LogP contribution in [0.4, 0.5) is 0 Å². The monoisotopic (exact) mass is 533 g/mol. The van der Waals surface area contributed by atoms with Gasteiger partial charge in [-0.25, -0.2) is 18.0 Å². The first kappa shape index (κ1) is 27.3. The van der Waals surface area contributed by atoms with Crippen molar-refractivity contribution >= 4 is 27.0 Å². The third kappa shape index (κ3) is 6.03. The fourth-order valence-electron chi connectivity index (χ4n) is 4.39. The summed E-state index contributed by atoms with van der Waals surface area (Å²) in [6.45, 7) is 7.32. The number of carbonyl (C=O) groups is 1. The Morgan fingerprint density at radius 3 is 2.32 bits per heavy atom. The second-order valence-electron chi connectivity index (χ2n) is 9.49. The van der Waals surface area contributed by atoms with E-state index in [0.717, 1.165) is 16.7 Å². The molecule has 0 aliphatic carbocycles. The lowest BCUT2D eigenvalue weighted by atomic mass is 9.98. The zero-order valence-electron chi connectivity index (χ0n) is 21.9. The van der Waals surface area contributed by atoms with Crippen LogP contribution in [-0.4, -0.2) is 20.4 Å². The number of aryl methyl sites for hydroxylation is 3. The van der Waals surface area contributed by atoms with E-state index in [4.69, 9.17) is 9.15 Å². The van der Waals surface area contributed by atoms with Crippen molar-refractivity contribution in [3.8, 4) is 5.75 Å². The van der Waals surface area contributed by atoms with Crippen LogP contribution in [0.5, 0.6) is 5.75 Å². The summed E-state index contributed by atoms with van der Waals surface area (Å²) in [6, 6.07) is 18.3. The Bertz CT molecular complexity index is 1620. The Balaban J connectivity index is 1.70. The van der Waals surface area contributed by atoms with Crippen LogP contribution in [0, 0.1) is 20.8 Å². The van der Waals surface area contributed by atoms with Gasteiger partial charge < -0.3 is 9.15 Å². The van der Waals surface area contributed by atoms with E-state index < -0.39 is 27.7 Å². The Kier molecular flexibility index (Phi) is 8.14. The van der Waals surface area contributed by atoms with Gasteiger partial charge in [0.1, 0.15) is 17.4 Å². The lowest BCUT2D eigenvalue weighted by Gasteiger charge is -2.19. The lowest BCUT2D eigenvalue weighted by Crippen LogP contribution is -2.42. The summed E-state index contributed by atoms with van der Waals surface area (Å²) < 4.78 is 40.0. The quantitative estimate of drug-likeness (QED) is 0.176. The molecule has 0 aliphatic rings. The van der Waals surface area contributed by atoms with Gasteiger partial charge in [0.05, 0.1) is 10.3 Å². The summed E-state index contributed by atoms with van der Waals surface area (Å²) in [7, 11) is -3.95. The van der Waals surface area contributed by atoms with Crippen LogP contribution >= 0.6 is 0 Å². The minimum atomic E-state index is -3.95. The minimum Gasteiger partial charge on any atom is -0.425 e. The molecule has 0 spiro atoms. The minimum absolute atomic E-state index is 0.0705. The van der Waals surface area contributed by atoms with Crippen LogP contribution in [0.15, 0.2) is 80.8 Å². The SMILES string of the molecule is CCC[C@H](NS(=O)(=O)c1ccc(C)cc1)C(=O)Oc1cc(C)cc2oc(=O)c(Cc3ccccc3)c(C)c12. The molecular weight excluding hydrogens is 502 g/mol. The second-order valence-corrected chi connectivity index (χ2v) is 11.2. The number of esters is 1. The molecule has 4 aromatic rings. The third-order valence-corrected chi connectivity index (χ3v) is 7.90. The summed E-state index contributed by atoms with van der Waals surface area (Å²) in [5, 5.41) is 0.506. The number of nitrogens with one attached hydrogen (secondary N) is 1. The Hall–Kier alpha value is -3.75. The molecule has 0 saturated heterocycles. The Morgan fingerprint density at radius 1 is 0.974 bits per heavy atom. The molecule has 4 rings (SSSR count). The van der Waals surface area contributed by atoms with Crippen LogP contribution in [0.25, 0.3) is 11.0 Å². The van der Waals surface area contributed by atoms with E-state index in [-0.39, 0.29) is 17.1 Å². The summed E-state index contributed by atoms with van der Waals surface area (Å²) in [5.74, 6) is -0.513. The summed E-state index contributed by atoms with van der Waals surface area (Å²) in [5.41, 5.74) is 3.57. The number of rotatable bonds is 9. The zero-order valence-corrected chi connectivity index (χ0v) is 22.7. The largest absolute Gasteiger partial charge is 0.425 e. The van der Waals surface area contributed by atoms with Gasteiger partial charge in [0, 0.05) is 12.0 Å². The lowest BCUT2D eigenvalue weighted by molar-refractivity contribution is -0.136. The van der Waals surface area contributed by atoms with Crippen molar-refractivity contribution in [2.24, 2.45) is 0 Å². The number of benzene rings is 3. The van der Waals surface area contributed by atoms with Crippen molar-refractivity contribution in [2.75, 3.05) is 0 Å². The Labute approximate surface area is 222 Å². The molecule has 0 bridgehead atoms. The average Bonchev–Trinajstić information content (AvgIpc) is 2.86. The van der Waals surface area contributed by atoms with E-state index >= 15 is 0 Å². The second kappa shape index (κ2) is 11.3. The molecule has 0 unspecified atom stereocenters. The Morgan fingerprint density at radius 2 is 1.66 bits per heavy atom. The van der Waals surface area contributed by atoms with Gasteiger partial charge >= 0.3 is 11.6 Å². The van der Waals surface area contributed by atoms with Gasteiger partial charge in [0.25, 0.3) is 0 Å². The summed E-state index contributed by atoms with van der Waals surface area (Å²) in [6.07, 6.45) is 1.17. The van der Waals surface area contributed by atoms with Gasteiger partial charge in [-0.2, -0.15) is 4.72 Å². The fraction of sp³-hybridized carbons (Fsp3) is 0.267. The fourth-order valence-corrected chi connectivity index (χ4v) is 5.61. The molecule has 1 heterocycles. The molecule has 0 radical (unpaired) electrons. The molecule has 198 valence electrons. The van der Waals surface area contributed by atoms with Crippen LogP contribution < -0.4 is 15.1 Å². The molecule has 8 heteroatoms. The number of carbonyl (C=O) groups excluding carboxylic acids is 1. The third-order valence-electron chi connectivity index (χ3n) is 6.41. The predicted octanol–water partition coefficient (Wildman–Crippen LogP) is 5.36. The number of fused-ring (bicyclic) bond motifs is 1. The number of sulfonamides is 1. The topological polar surface area (TPSA) is 103 Å². The van der Waals surface area contributed by atoms with Gasteiger partial charge in [0.2, 0.25) is 10.0 Å². The van der Waals surface area contributed by atoms with Crippen LogP contribution in [0.1, 0.15) is 47.6 Å². The van der Waals surface area contributed by atoms with Gasteiger partial charge in [-0.3, -0.25) is 0 Å². The normalized spacial score (nSPS) is 12.4. The molecule has 38 heavy (non-hydrogen) atoms. The molecule has 7 nitrogen and oxygen atoms in total. The highest BCUT2D eigenvalue weighted by Gasteiger charge is 2.28. The van der Waals surface area contributed by atoms with E-state index in [1.807, 2.05) is 44.2 Å². The highest BCUT2D eigenvalue weighted by Crippen LogP contribution is 2.32. The molecule has 3 aromatic carbocycles. The number of hydrogen-bond acceptors (Lipinski definition) is 6. The first-order valence-electron chi connectivity index (χ1n) is 12.5. The average molecular weight is 534 g/mol. The standard InChI is InChI=1S/C30H31NO6S/c1-5-9-25(31-38(34,35)23-14-12-19(2)13-15-23)30(33)37-27-17-20(3)16-26-28(27)21(4)24(29(32)36-26)18-22-10-7-6-8-11-22/h6-8,10-17,25,31H,5,9,18H2,1-4H3/t25-/m0/s1. The molecule has 0 fully saturated rings. The van der Waals surface area contributed by atoms with Gasteiger partial charge in [-0.15, -0.1) is 0 Å². The van der Waals surface area contributed by atoms with Crippen LogP contribution in [-0.2, 0) is 21.2 Å².